The molecule has 1 aliphatic carbocycles. The first-order chi connectivity index (χ1) is 9.70. The highest BCUT2D eigenvalue weighted by molar-refractivity contribution is 5.69. The Hall–Kier alpha value is -1.75. The van der Waals surface area contributed by atoms with Gasteiger partial charge in [-0.3, -0.25) is 9.69 Å². The van der Waals surface area contributed by atoms with Crippen molar-refractivity contribution in [2.24, 2.45) is 5.92 Å². The Morgan fingerprint density at radius 3 is 2.70 bits per heavy atom. The van der Waals surface area contributed by atoms with Crippen molar-refractivity contribution in [2.45, 2.75) is 18.9 Å². The molecule has 0 bridgehead atoms. The summed E-state index contributed by atoms with van der Waals surface area (Å²) in [6, 6.07) is 7.57. The molecule has 0 saturated heterocycles. The number of aliphatic carboxylic acids is 1. The second kappa shape index (κ2) is 5.71. The van der Waals surface area contributed by atoms with Crippen LogP contribution in [0.25, 0.3) is 0 Å². The van der Waals surface area contributed by atoms with Crippen molar-refractivity contribution in [1.29, 1.82) is 0 Å². The summed E-state index contributed by atoms with van der Waals surface area (Å²) >= 11 is 0. The van der Waals surface area contributed by atoms with Crippen LogP contribution < -0.4 is 9.47 Å². The lowest BCUT2D eigenvalue weighted by Crippen LogP contribution is -2.43. The molecule has 2 aliphatic rings. The maximum atomic E-state index is 10.9. The fourth-order valence-electron chi connectivity index (χ4n) is 2.50. The molecular formula is C15H19NO4. The maximum Gasteiger partial charge on any atom is 0.317 e. The number of hydrogen-bond acceptors (Lipinski definition) is 4. The molecular weight excluding hydrogens is 258 g/mol. The third kappa shape index (κ3) is 3.42. The Kier molecular flexibility index (Phi) is 3.78. The van der Waals surface area contributed by atoms with E-state index in [-0.39, 0.29) is 12.6 Å². The number of nitrogens with zero attached hydrogens (tertiary/aromatic N) is 1. The van der Waals surface area contributed by atoms with Crippen molar-refractivity contribution in [1.82, 2.24) is 4.90 Å². The summed E-state index contributed by atoms with van der Waals surface area (Å²) in [5.74, 6) is 1.37. The van der Waals surface area contributed by atoms with Crippen LogP contribution in [0.4, 0.5) is 0 Å². The molecule has 1 atom stereocenters. The largest absolute Gasteiger partial charge is 0.486 e. The lowest BCUT2D eigenvalue weighted by Gasteiger charge is -2.30. The van der Waals surface area contributed by atoms with E-state index < -0.39 is 5.97 Å². The first-order valence-corrected chi connectivity index (χ1v) is 7.03. The molecule has 1 aliphatic heterocycles. The third-order valence-corrected chi connectivity index (χ3v) is 3.60. The SMILES string of the molecule is O=C(O)CN(CC1CC1)CC1COc2ccccc2O1. The number of carboxylic acid groups (broad SMARTS) is 1. The molecule has 0 spiro atoms. The molecule has 0 amide bonds. The zero-order valence-corrected chi connectivity index (χ0v) is 11.3. The van der Waals surface area contributed by atoms with E-state index in [2.05, 4.69) is 0 Å². The number of carboxylic acids is 1. The van der Waals surface area contributed by atoms with Gasteiger partial charge in [-0.1, -0.05) is 12.1 Å². The molecule has 3 rings (SSSR count). The molecule has 5 nitrogen and oxygen atoms in total. The van der Waals surface area contributed by atoms with Gasteiger partial charge in [-0.15, -0.1) is 0 Å². The van der Waals surface area contributed by atoms with Crippen LogP contribution in [-0.2, 0) is 4.79 Å². The molecule has 5 heteroatoms. The molecule has 1 fully saturated rings. The van der Waals surface area contributed by atoms with Crippen LogP contribution in [0.15, 0.2) is 24.3 Å². The molecule has 1 unspecified atom stereocenters. The number of ether oxygens (including phenoxy) is 2. The standard InChI is InChI=1S/C15H19NO4/c17-15(18)9-16(7-11-5-6-11)8-12-10-19-13-3-1-2-4-14(13)20-12/h1-4,11-12H,5-10H2,(H,17,18). The van der Waals surface area contributed by atoms with Gasteiger partial charge in [0.2, 0.25) is 0 Å². The van der Waals surface area contributed by atoms with E-state index in [0.717, 1.165) is 18.0 Å². The molecule has 0 aromatic heterocycles. The van der Waals surface area contributed by atoms with Crippen LogP contribution >= 0.6 is 0 Å². The van der Waals surface area contributed by atoms with Gasteiger partial charge in [-0.2, -0.15) is 0 Å². The first kappa shape index (κ1) is 13.2. The van der Waals surface area contributed by atoms with Crippen LogP contribution in [0.3, 0.4) is 0 Å². The van der Waals surface area contributed by atoms with Crippen molar-refractivity contribution in [3.05, 3.63) is 24.3 Å². The Balaban J connectivity index is 1.59. The maximum absolute atomic E-state index is 10.9. The second-order valence-corrected chi connectivity index (χ2v) is 5.53. The number of rotatable bonds is 6. The van der Waals surface area contributed by atoms with Gasteiger partial charge in [0.25, 0.3) is 0 Å². The third-order valence-electron chi connectivity index (χ3n) is 3.60. The monoisotopic (exact) mass is 277 g/mol. The Bertz CT molecular complexity index is 487. The van der Waals surface area contributed by atoms with Crippen molar-refractivity contribution < 1.29 is 19.4 Å². The van der Waals surface area contributed by atoms with Gasteiger partial charge in [0, 0.05) is 13.1 Å². The molecule has 1 saturated carbocycles. The summed E-state index contributed by atoms with van der Waals surface area (Å²) < 4.78 is 11.5. The first-order valence-electron chi connectivity index (χ1n) is 7.03. The minimum Gasteiger partial charge on any atom is -0.486 e. The van der Waals surface area contributed by atoms with Gasteiger partial charge < -0.3 is 14.6 Å². The number of carbonyl (C=O) groups is 1. The van der Waals surface area contributed by atoms with E-state index in [4.69, 9.17) is 14.6 Å². The lowest BCUT2D eigenvalue weighted by molar-refractivity contribution is -0.138. The molecule has 1 aromatic rings. The topological polar surface area (TPSA) is 59.0 Å². The van der Waals surface area contributed by atoms with Gasteiger partial charge in [-0.05, 0) is 30.9 Å². The summed E-state index contributed by atoms with van der Waals surface area (Å²) in [4.78, 5) is 12.9. The van der Waals surface area contributed by atoms with Crippen molar-refractivity contribution in [3.63, 3.8) is 0 Å². The van der Waals surface area contributed by atoms with Crippen LogP contribution in [0.5, 0.6) is 11.5 Å². The van der Waals surface area contributed by atoms with E-state index in [1.165, 1.54) is 12.8 Å². The van der Waals surface area contributed by atoms with E-state index in [0.29, 0.717) is 19.1 Å². The van der Waals surface area contributed by atoms with E-state index in [9.17, 15) is 4.79 Å². The average Bonchev–Trinajstić information content (AvgIpc) is 3.22. The Labute approximate surface area is 118 Å². The number of benzene rings is 1. The molecule has 0 radical (unpaired) electrons. The van der Waals surface area contributed by atoms with Gasteiger partial charge in [0.15, 0.2) is 11.5 Å². The van der Waals surface area contributed by atoms with Crippen molar-refractivity contribution >= 4 is 5.97 Å². The fourth-order valence-corrected chi connectivity index (χ4v) is 2.50. The highest BCUT2D eigenvalue weighted by Gasteiger charge is 2.29. The van der Waals surface area contributed by atoms with Crippen LogP contribution in [0.2, 0.25) is 0 Å². The minimum absolute atomic E-state index is 0.0675. The molecule has 1 heterocycles. The minimum atomic E-state index is -0.789. The Morgan fingerprint density at radius 2 is 2.00 bits per heavy atom. The van der Waals surface area contributed by atoms with Gasteiger partial charge in [0.1, 0.15) is 12.7 Å². The normalized spacial score (nSPS) is 20.9. The molecule has 1 N–H and O–H groups in total. The highest BCUT2D eigenvalue weighted by Crippen LogP contribution is 2.32. The number of hydrogen-bond donors (Lipinski definition) is 1. The number of fused-ring (bicyclic) bond motifs is 1. The predicted octanol–water partition coefficient (Wildman–Crippen LogP) is 1.62. The quantitative estimate of drug-likeness (QED) is 0.856. The predicted molar refractivity (Wildman–Crippen MR) is 73.2 cm³/mol. The zero-order valence-electron chi connectivity index (χ0n) is 11.3. The van der Waals surface area contributed by atoms with E-state index >= 15 is 0 Å². The van der Waals surface area contributed by atoms with Gasteiger partial charge in [0.05, 0.1) is 6.54 Å². The van der Waals surface area contributed by atoms with Crippen LogP contribution in [0.1, 0.15) is 12.8 Å². The summed E-state index contributed by atoms with van der Waals surface area (Å²) in [6.45, 7) is 1.97. The summed E-state index contributed by atoms with van der Waals surface area (Å²) in [5.41, 5.74) is 0. The lowest BCUT2D eigenvalue weighted by atomic mass is 10.2. The van der Waals surface area contributed by atoms with Crippen LogP contribution in [0, 0.1) is 5.92 Å². The summed E-state index contributed by atoms with van der Waals surface area (Å²) in [6.07, 6.45) is 2.31. The van der Waals surface area contributed by atoms with Crippen molar-refractivity contribution in [2.75, 3.05) is 26.2 Å². The van der Waals surface area contributed by atoms with Gasteiger partial charge >= 0.3 is 5.97 Å². The number of para-hydroxylation sites is 2. The summed E-state index contributed by atoms with van der Waals surface area (Å²) in [5, 5.41) is 8.99. The molecule has 20 heavy (non-hydrogen) atoms. The molecule has 1 aromatic carbocycles. The molecule has 108 valence electrons. The zero-order chi connectivity index (χ0) is 13.9. The van der Waals surface area contributed by atoms with Crippen molar-refractivity contribution in [3.8, 4) is 11.5 Å². The Morgan fingerprint density at radius 1 is 1.25 bits per heavy atom. The second-order valence-electron chi connectivity index (χ2n) is 5.53. The fraction of sp³-hybridized carbons (Fsp3) is 0.533. The van der Waals surface area contributed by atoms with E-state index in [1.807, 2.05) is 29.2 Å². The summed E-state index contributed by atoms with van der Waals surface area (Å²) in [7, 11) is 0. The highest BCUT2D eigenvalue weighted by atomic mass is 16.6. The van der Waals surface area contributed by atoms with E-state index in [1.54, 1.807) is 0 Å². The average molecular weight is 277 g/mol. The van der Waals surface area contributed by atoms with Gasteiger partial charge in [-0.25, -0.2) is 0 Å². The van der Waals surface area contributed by atoms with Crippen LogP contribution in [-0.4, -0.2) is 48.3 Å². The smallest absolute Gasteiger partial charge is 0.317 e.